The lowest BCUT2D eigenvalue weighted by Crippen LogP contribution is -2.28. The summed E-state index contributed by atoms with van der Waals surface area (Å²) in [4.78, 5) is 0. The molecule has 0 saturated heterocycles. The molecule has 0 nitrogen and oxygen atoms in total. The predicted molar refractivity (Wildman–Crippen MR) is 66.3 cm³/mol. The van der Waals surface area contributed by atoms with Crippen LogP contribution in [-0.4, -0.2) is 0 Å². The van der Waals surface area contributed by atoms with Gasteiger partial charge in [-0.3, -0.25) is 0 Å². The van der Waals surface area contributed by atoms with Gasteiger partial charge in [0.15, 0.2) is 0 Å². The van der Waals surface area contributed by atoms with Crippen LogP contribution in [0.4, 0.5) is 0 Å². The third-order valence-corrected chi connectivity index (χ3v) is 4.23. The first-order valence-electron chi connectivity index (χ1n) is 6.03. The molecule has 0 bridgehead atoms. The van der Waals surface area contributed by atoms with Gasteiger partial charge in [-0.2, -0.15) is 0 Å². The SMILES string of the molecule is CC1(C)CC(C)([C]2[CH][CH][CH][CH]2)[C]2[CH][CH][CH][C]21. The Morgan fingerprint density at radius 3 is 2.12 bits per heavy atom. The molecule has 0 amide bonds. The smallest absolute Gasteiger partial charge is 0.00628 e. The van der Waals surface area contributed by atoms with Gasteiger partial charge in [0.1, 0.15) is 0 Å². The molecular weight excluding hydrogens is 192 g/mol. The van der Waals surface area contributed by atoms with Crippen molar-refractivity contribution in [3.05, 3.63) is 62.7 Å². The second-order valence-electron chi connectivity index (χ2n) is 5.92. The average Bonchev–Trinajstić information content (AvgIpc) is 2.90. The van der Waals surface area contributed by atoms with Crippen LogP contribution in [0.2, 0.25) is 0 Å². The molecule has 0 aromatic carbocycles. The van der Waals surface area contributed by atoms with E-state index in [2.05, 4.69) is 65.7 Å². The Hall–Kier alpha value is 0. The average molecular weight is 210 g/mol. The minimum absolute atomic E-state index is 0.214. The summed E-state index contributed by atoms with van der Waals surface area (Å²) in [5.74, 6) is 4.53. The van der Waals surface area contributed by atoms with Crippen molar-refractivity contribution < 1.29 is 0 Å². The Balaban J connectivity index is 1.90. The summed E-state index contributed by atoms with van der Waals surface area (Å²) in [6.07, 6.45) is 16.8. The van der Waals surface area contributed by atoms with Crippen LogP contribution in [0.3, 0.4) is 0 Å². The monoisotopic (exact) mass is 210 g/mol. The Morgan fingerprint density at radius 1 is 0.812 bits per heavy atom. The molecule has 3 aliphatic carbocycles. The molecule has 0 aliphatic heterocycles. The maximum absolute atomic E-state index is 2.38. The lowest BCUT2D eigenvalue weighted by atomic mass is 9.67. The van der Waals surface area contributed by atoms with Crippen LogP contribution in [0.15, 0.2) is 0 Å². The van der Waals surface area contributed by atoms with Crippen molar-refractivity contribution >= 4 is 0 Å². The standard InChI is InChI=1S/C16H18/c1-15(2)11-16(3,12-7-4-5-8-12)14-10-6-9-13(14)15/h4-10H,11H2,1-3H3. The third-order valence-electron chi connectivity index (χ3n) is 4.23. The van der Waals surface area contributed by atoms with E-state index >= 15 is 0 Å². The van der Waals surface area contributed by atoms with Crippen LogP contribution < -0.4 is 0 Å². The number of hydrogen-bond donors (Lipinski definition) is 0. The highest BCUT2D eigenvalue weighted by molar-refractivity contribution is 5.59. The lowest BCUT2D eigenvalue weighted by molar-refractivity contribution is 0.317. The van der Waals surface area contributed by atoms with E-state index in [1.54, 1.807) is 0 Å². The lowest BCUT2D eigenvalue weighted by Gasteiger charge is -2.36. The summed E-state index contributed by atoms with van der Waals surface area (Å²) < 4.78 is 0. The second kappa shape index (κ2) is 3.50. The van der Waals surface area contributed by atoms with E-state index in [9.17, 15) is 0 Å². The van der Waals surface area contributed by atoms with Crippen molar-refractivity contribution in [1.82, 2.24) is 0 Å². The molecule has 0 N–H and O–H groups in total. The van der Waals surface area contributed by atoms with E-state index in [0.29, 0.717) is 5.41 Å². The predicted octanol–water partition coefficient (Wildman–Crippen LogP) is 3.60. The van der Waals surface area contributed by atoms with Crippen LogP contribution in [0, 0.1) is 73.5 Å². The van der Waals surface area contributed by atoms with Gasteiger partial charge in [-0.1, -0.05) is 20.8 Å². The van der Waals surface area contributed by atoms with Gasteiger partial charge in [-0.15, -0.1) is 0 Å². The molecule has 1 unspecified atom stereocenters. The largest absolute Gasteiger partial charge is 0.0593 e. The molecule has 0 spiro atoms. The number of rotatable bonds is 1. The van der Waals surface area contributed by atoms with Crippen molar-refractivity contribution in [2.24, 2.45) is 10.8 Å². The molecule has 3 saturated carbocycles. The molecule has 3 aliphatic rings. The van der Waals surface area contributed by atoms with Crippen LogP contribution in [-0.2, 0) is 0 Å². The topological polar surface area (TPSA) is 0 Å². The van der Waals surface area contributed by atoms with Gasteiger partial charge in [0, 0.05) is 0 Å². The molecule has 0 heterocycles. The van der Waals surface area contributed by atoms with E-state index in [1.165, 1.54) is 24.2 Å². The quantitative estimate of drug-likeness (QED) is 0.620. The van der Waals surface area contributed by atoms with Gasteiger partial charge in [-0.25, -0.2) is 0 Å². The molecule has 1 atom stereocenters. The summed E-state index contributed by atoms with van der Waals surface area (Å²) in [5, 5.41) is 0. The van der Waals surface area contributed by atoms with E-state index in [-0.39, 0.29) is 5.41 Å². The number of hydrogen-bond acceptors (Lipinski definition) is 0. The van der Waals surface area contributed by atoms with Crippen molar-refractivity contribution in [3.63, 3.8) is 0 Å². The van der Waals surface area contributed by atoms with Gasteiger partial charge >= 0.3 is 0 Å². The summed E-state index contributed by atoms with van der Waals surface area (Å²) in [6.45, 7) is 7.11. The van der Waals surface area contributed by atoms with Crippen molar-refractivity contribution in [2.75, 3.05) is 0 Å². The zero-order valence-corrected chi connectivity index (χ0v) is 10.2. The molecule has 3 fully saturated rings. The molecule has 16 heavy (non-hydrogen) atoms. The third kappa shape index (κ3) is 1.41. The molecular formula is C16H18. The van der Waals surface area contributed by atoms with Crippen molar-refractivity contribution in [1.29, 1.82) is 0 Å². The summed E-state index contributed by atoms with van der Waals surface area (Å²) in [7, 11) is 0. The van der Waals surface area contributed by atoms with Crippen molar-refractivity contribution in [3.8, 4) is 0 Å². The maximum Gasteiger partial charge on any atom is -0.00628 e. The molecule has 10 radical (unpaired) electrons. The van der Waals surface area contributed by atoms with E-state index in [0.717, 1.165) is 0 Å². The molecule has 82 valence electrons. The first-order valence-corrected chi connectivity index (χ1v) is 6.03. The molecule has 0 aromatic rings. The first-order chi connectivity index (χ1) is 7.54. The van der Waals surface area contributed by atoms with Gasteiger partial charge in [0.2, 0.25) is 0 Å². The summed E-state index contributed by atoms with van der Waals surface area (Å²) >= 11 is 0. The molecule has 3 rings (SSSR count). The first kappa shape index (κ1) is 11.1. The van der Waals surface area contributed by atoms with Crippen LogP contribution in [0.5, 0.6) is 0 Å². The highest BCUT2D eigenvalue weighted by Gasteiger charge is 2.59. The minimum atomic E-state index is 0.214. The van der Waals surface area contributed by atoms with Gasteiger partial charge in [0.25, 0.3) is 0 Å². The Labute approximate surface area is 101 Å². The Bertz CT molecular complexity index is 272. The van der Waals surface area contributed by atoms with Crippen LogP contribution in [0.25, 0.3) is 0 Å². The Kier molecular flexibility index (Phi) is 2.43. The highest BCUT2D eigenvalue weighted by atomic mass is 14.6. The zero-order chi connectivity index (χ0) is 11.4. The fourth-order valence-corrected chi connectivity index (χ4v) is 3.57. The molecule has 0 aromatic heterocycles. The van der Waals surface area contributed by atoms with Gasteiger partial charge < -0.3 is 0 Å². The Morgan fingerprint density at radius 2 is 1.44 bits per heavy atom. The number of fused-ring (bicyclic) bond motifs is 1. The van der Waals surface area contributed by atoms with E-state index in [1.807, 2.05) is 0 Å². The maximum atomic E-state index is 2.38. The van der Waals surface area contributed by atoms with Gasteiger partial charge in [0.05, 0.1) is 0 Å². The summed E-state index contributed by atoms with van der Waals surface area (Å²) in [5.41, 5.74) is 0.524. The van der Waals surface area contributed by atoms with Crippen LogP contribution >= 0.6 is 0 Å². The highest BCUT2D eigenvalue weighted by Crippen LogP contribution is 2.68. The second-order valence-corrected chi connectivity index (χ2v) is 5.92. The zero-order valence-electron chi connectivity index (χ0n) is 10.2. The fraction of sp³-hybridized carbons (Fsp3) is 0.375. The van der Waals surface area contributed by atoms with Crippen molar-refractivity contribution in [2.45, 2.75) is 27.2 Å². The fourth-order valence-electron chi connectivity index (χ4n) is 3.57. The normalized spacial score (nSPS) is 40.7. The molecule has 0 heteroatoms. The summed E-state index contributed by atoms with van der Waals surface area (Å²) in [6, 6.07) is 0. The van der Waals surface area contributed by atoms with Crippen LogP contribution in [0.1, 0.15) is 27.2 Å². The minimum Gasteiger partial charge on any atom is -0.0593 e. The van der Waals surface area contributed by atoms with E-state index < -0.39 is 0 Å². The van der Waals surface area contributed by atoms with Gasteiger partial charge in [-0.05, 0) is 80.0 Å². The van der Waals surface area contributed by atoms with E-state index in [4.69, 9.17) is 0 Å².